The predicted octanol–water partition coefficient (Wildman–Crippen LogP) is 7.26. The van der Waals surface area contributed by atoms with Crippen molar-refractivity contribution in [2.75, 3.05) is 4.90 Å². The van der Waals surface area contributed by atoms with E-state index in [-0.39, 0.29) is 16.6 Å². The molecule has 1 aliphatic rings. The monoisotopic (exact) mass is 498 g/mol. The number of rotatable bonds is 7. The van der Waals surface area contributed by atoms with Crippen LogP contribution in [0, 0.1) is 10.1 Å². The fraction of sp³-hybridized carbons (Fsp3) is 0.167. The first-order valence-corrected chi connectivity index (χ1v) is 11.9. The third-order valence-corrected chi connectivity index (χ3v) is 6.75. The van der Waals surface area contributed by atoms with E-state index in [9.17, 15) is 14.9 Å². The van der Waals surface area contributed by atoms with Crippen LogP contribution in [0.1, 0.15) is 31.1 Å². The molecule has 0 unspecified atom stereocenters. The Hall–Kier alpha value is -2.94. The minimum absolute atomic E-state index is 0.0994. The molecule has 0 atom stereocenters. The van der Waals surface area contributed by atoms with Gasteiger partial charge >= 0.3 is 0 Å². The molecule has 2 aromatic carbocycles. The largest absolute Gasteiger partial charge is 0.457 e. The molecule has 6 nitrogen and oxygen atoms in total. The van der Waals surface area contributed by atoms with Crippen LogP contribution in [0.3, 0.4) is 0 Å². The molecule has 1 aliphatic heterocycles. The highest BCUT2D eigenvalue weighted by Crippen LogP contribution is 2.37. The van der Waals surface area contributed by atoms with E-state index in [0.29, 0.717) is 26.3 Å². The number of nitrogens with zero attached hydrogens (tertiary/aromatic N) is 2. The van der Waals surface area contributed by atoms with Crippen molar-refractivity contribution >= 4 is 63.3 Å². The Labute approximate surface area is 205 Å². The molecular weight excluding hydrogens is 480 g/mol. The van der Waals surface area contributed by atoms with Gasteiger partial charge in [-0.1, -0.05) is 61.1 Å². The van der Waals surface area contributed by atoms with Crippen LogP contribution in [-0.2, 0) is 11.2 Å². The summed E-state index contributed by atoms with van der Waals surface area (Å²) in [4.78, 5) is 25.4. The van der Waals surface area contributed by atoms with Gasteiger partial charge in [0.05, 0.1) is 20.5 Å². The molecule has 0 saturated carbocycles. The first kappa shape index (κ1) is 23.2. The molecule has 1 amide bonds. The molecule has 33 heavy (non-hydrogen) atoms. The number of aryl methyl sites for hydroxylation is 1. The Morgan fingerprint density at radius 3 is 2.61 bits per heavy atom. The number of nitro groups is 1. The van der Waals surface area contributed by atoms with Gasteiger partial charge in [-0.2, -0.15) is 0 Å². The van der Waals surface area contributed by atoms with E-state index in [0.717, 1.165) is 24.9 Å². The lowest BCUT2D eigenvalue weighted by Crippen LogP contribution is -2.27. The van der Waals surface area contributed by atoms with Crippen molar-refractivity contribution in [3.8, 4) is 11.3 Å². The van der Waals surface area contributed by atoms with Crippen LogP contribution in [0.15, 0.2) is 63.9 Å². The highest BCUT2D eigenvalue weighted by Gasteiger charge is 2.33. The highest BCUT2D eigenvalue weighted by atomic mass is 35.5. The van der Waals surface area contributed by atoms with Gasteiger partial charge in [-0.15, -0.1) is 0 Å². The van der Waals surface area contributed by atoms with Crippen LogP contribution >= 0.6 is 35.6 Å². The van der Waals surface area contributed by atoms with E-state index in [1.165, 1.54) is 40.4 Å². The second-order valence-electron chi connectivity index (χ2n) is 7.41. The fourth-order valence-corrected chi connectivity index (χ4v) is 4.95. The number of non-ortho nitro benzene ring substituents is 1. The summed E-state index contributed by atoms with van der Waals surface area (Å²) in [5.41, 5.74) is 2.39. The lowest BCUT2D eigenvalue weighted by atomic mass is 10.1. The third-order valence-electron chi connectivity index (χ3n) is 5.14. The number of hydrogen-bond acceptors (Lipinski definition) is 6. The average Bonchev–Trinajstić information content (AvgIpc) is 3.36. The van der Waals surface area contributed by atoms with E-state index >= 15 is 0 Å². The second kappa shape index (κ2) is 9.91. The van der Waals surface area contributed by atoms with Gasteiger partial charge in [0, 0.05) is 23.8 Å². The molecule has 0 radical (unpaired) electrons. The molecule has 4 rings (SSSR count). The standard InChI is InChI=1S/C24H19ClN2O4S2/c1-2-3-4-15-5-7-16(8-6-15)26-23(28)22(33-24(26)32)14-18-10-12-21(31-18)19-11-9-17(27(29)30)13-20(19)25/h5-14H,2-4H2,1H3. The van der Waals surface area contributed by atoms with Gasteiger partial charge < -0.3 is 4.42 Å². The van der Waals surface area contributed by atoms with E-state index in [2.05, 4.69) is 6.92 Å². The fourth-order valence-electron chi connectivity index (χ4n) is 3.40. The molecule has 1 fully saturated rings. The molecular formula is C24H19ClN2O4S2. The van der Waals surface area contributed by atoms with Gasteiger partial charge in [-0.05, 0) is 48.7 Å². The van der Waals surface area contributed by atoms with Crippen molar-refractivity contribution in [2.45, 2.75) is 26.2 Å². The van der Waals surface area contributed by atoms with Crippen LogP contribution in [0.4, 0.5) is 11.4 Å². The number of thiocarbonyl (C=S) groups is 1. The van der Waals surface area contributed by atoms with Crippen molar-refractivity contribution in [3.63, 3.8) is 0 Å². The highest BCUT2D eigenvalue weighted by molar-refractivity contribution is 8.27. The summed E-state index contributed by atoms with van der Waals surface area (Å²) in [6.07, 6.45) is 4.90. The molecule has 9 heteroatoms. The Morgan fingerprint density at radius 1 is 1.18 bits per heavy atom. The number of unbranched alkanes of at least 4 members (excludes halogenated alkanes) is 1. The number of anilines is 1. The molecule has 168 valence electrons. The molecule has 1 saturated heterocycles. The van der Waals surface area contributed by atoms with Gasteiger partial charge in [0.2, 0.25) is 0 Å². The maximum atomic E-state index is 13.0. The lowest BCUT2D eigenvalue weighted by Gasteiger charge is -2.15. The summed E-state index contributed by atoms with van der Waals surface area (Å²) in [5, 5.41) is 11.1. The summed E-state index contributed by atoms with van der Waals surface area (Å²) in [6, 6.07) is 15.5. The number of hydrogen-bond donors (Lipinski definition) is 0. The first-order chi connectivity index (χ1) is 15.9. The van der Waals surface area contributed by atoms with Crippen LogP contribution in [0.5, 0.6) is 0 Å². The van der Waals surface area contributed by atoms with Crippen LogP contribution in [-0.4, -0.2) is 15.2 Å². The third kappa shape index (κ3) is 5.03. The number of furan rings is 1. The predicted molar refractivity (Wildman–Crippen MR) is 137 cm³/mol. The van der Waals surface area contributed by atoms with Crippen LogP contribution < -0.4 is 4.90 Å². The van der Waals surface area contributed by atoms with Gasteiger partial charge in [0.25, 0.3) is 11.6 Å². The van der Waals surface area contributed by atoms with E-state index in [1.807, 2.05) is 24.3 Å². The number of thioether (sulfide) groups is 1. The van der Waals surface area contributed by atoms with Crippen molar-refractivity contribution in [2.24, 2.45) is 0 Å². The van der Waals surface area contributed by atoms with Gasteiger partial charge in [0.15, 0.2) is 4.32 Å². The Balaban J connectivity index is 1.54. The topological polar surface area (TPSA) is 76.6 Å². The number of halogens is 1. The van der Waals surface area contributed by atoms with E-state index in [4.69, 9.17) is 28.2 Å². The van der Waals surface area contributed by atoms with Gasteiger partial charge in [-0.25, -0.2) is 0 Å². The molecule has 0 N–H and O–H groups in total. The molecule has 0 spiro atoms. The molecule has 0 aliphatic carbocycles. The van der Waals surface area contributed by atoms with Crippen molar-refractivity contribution < 1.29 is 14.1 Å². The first-order valence-electron chi connectivity index (χ1n) is 10.3. The summed E-state index contributed by atoms with van der Waals surface area (Å²) < 4.78 is 6.29. The number of carbonyl (C=O) groups excluding carboxylic acids is 1. The van der Waals surface area contributed by atoms with E-state index in [1.54, 1.807) is 18.2 Å². The molecule has 0 bridgehead atoms. The zero-order valence-electron chi connectivity index (χ0n) is 17.6. The van der Waals surface area contributed by atoms with Crippen molar-refractivity contribution in [1.82, 2.24) is 0 Å². The number of amides is 1. The SMILES string of the molecule is CCCCc1ccc(N2C(=O)C(=Cc3ccc(-c4ccc([N+](=O)[O-])cc4Cl)o3)SC2=S)cc1. The number of nitro benzene ring substituents is 1. The molecule has 1 aromatic heterocycles. The Bertz CT molecular complexity index is 1270. The maximum Gasteiger partial charge on any atom is 0.270 e. The molecule has 2 heterocycles. The maximum absolute atomic E-state index is 13.0. The quantitative estimate of drug-likeness (QED) is 0.148. The second-order valence-corrected chi connectivity index (χ2v) is 9.49. The smallest absolute Gasteiger partial charge is 0.270 e. The zero-order valence-corrected chi connectivity index (χ0v) is 20.0. The normalized spacial score (nSPS) is 15.0. The summed E-state index contributed by atoms with van der Waals surface area (Å²) in [7, 11) is 0. The van der Waals surface area contributed by atoms with Crippen molar-refractivity contribution in [3.05, 3.63) is 86.0 Å². The minimum atomic E-state index is -0.510. The van der Waals surface area contributed by atoms with Crippen LogP contribution in [0.2, 0.25) is 5.02 Å². The molecule has 3 aromatic rings. The average molecular weight is 499 g/mol. The van der Waals surface area contributed by atoms with Crippen LogP contribution in [0.25, 0.3) is 17.4 Å². The van der Waals surface area contributed by atoms with E-state index < -0.39 is 4.92 Å². The Morgan fingerprint density at radius 2 is 1.94 bits per heavy atom. The summed E-state index contributed by atoms with van der Waals surface area (Å²) in [6.45, 7) is 2.16. The van der Waals surface area contributed by atoms with Gasteiger partial charge in [0.1, 0.15) is 11.5 Å². The van der Waals surface area contributed by atoms with Crippen molar-refractivity contribution in [1.29, 1.82) is 0 Å². The van der Waals surface area contributed by atoms with Gasteiger partial charge in [-0.3, -0.25) is 19.8 Å². The Kier molecular flexibility index (Phi) is 6.97. The minimum Gasteiger partial charge on any atom is -0.457 e. The summed E-state index contributed by atoms with van der Waals surface area (Å²) in [5.74, 6) is 0.687. The number of carbonyl (C=O) groups is 1. The lowest BCUT2D eigenvalue weighted by molar-refractivity contribution is -0.384. The number of benzene rings is 2. The summed E-state index contributed by atoms with van der Waals surface area (Å²) >= 11 is 12.9. The zero-order chi connectivity index (χ0) is 23.5.